The molecule has 10 aromatic rings. The summed E-state index contributed by atoms with van der Waals surface area (Å²) in [4.78, 5) is 2.47. The Bertz CT molecular complexity index is 3440. The highest BCUT2D eigenvalue weighted by atomic mass is 15.1. The van der Waals surface area contributed by atoms with Gasteiger partial charge >= 0.3 is 0 Å². The first-order chi connectivity index (χ1) is 32.0. The molecule has 0 radical (unpaired) electrons. The summed E-state index contributed by atoms with van der Waals surface area (Å²) in [6, 6.07) is 88.1. The second-order valence-electron chi connectivity index (χ2n) is 18.4. The SMILES string of the molecule is CC1(C)c2cc(-c3ccccc3)ccc2-c2ccc(N(c3ccc(-c4ccc(-c5ccccc5)cc4)cc3)c3ccc4c(c3)-c3ccccc3C43c4ccccc4-c4ccccc43)cc21. The fourth-order valence-corrected chi connectivity index (χ4v) is 11.6. The van der Waals surface area contributed by atoms with Crippen LogP contribution in [0.1, 0.15) is 47.2 Å². The van der Waals surface area contributed by atoms with Crippen molar-refractivity contribution in [2.24, 2.45) is 0 Å². The van der Waals surface area contributed by atoms with Crippen LogP contribution in [0.2, 0.25) is 0 Å². The van der Waals surface area contributed by atoms with E-state index in [0.717, 1.165) is 17.1 Å². The number of rotatable bonds is 6. The van der Waals surface area contributed by atoms with Crippen molar-refractivity contribution in [3.63, 3.8) is 0 Å². The van der Waals surface area contributed by atoms with E-state index >= 15 is 0 Å². The van der Waals surface area contributed by atoms with Gasteiger partial charge in [0.15, 0.2) is 0 Å². The third-order valence-electron chi connectivity index (χ3n) is 14.7. The van der Waals surface area contributed by atoms with Gasteiger partial charge in [-0.2, -0.15) is 0 Å². The molecule has 0 atom stereocenters. The van der Waals surface area contributed by atoms with Crippen LogP contribution in [-0.2, 0) is 10.8 Å². The van der Waals surface area contributed by atoms with Crippen molar-refractivity contribution in [2.75, 3.05) is 4.90 Å². The molecule has 0 bridgehead atoms. The number of nitrogens with zero attached hydrogens (tertiary/aromatic N) is 1. The molecule has 3 aliphatic carbocycles. The van der Waals surface area contributed by atoms with Crippen LogP contribution in [0.5, 0.6) is 0 Å². The van der Waals surface area contributed by atoms with Gasteiger partial charge in [-0.05, 0) is 143 Å². The molecule has 0 aliphatic heterocycles. The van der Waals surface area contributed by atoms with E-state index in [1.807, 2.05) is 0 Å². The molecule has 0 saturated carbocycles. The van der Waals surface area contributed by atoms with Crippen molar-refractivity contribution in [3.05, 3.63) is 270 Å². The van der Waals surface area contributed by atoms with Gasteiger partial charge in [0.2, 0.25) is 0 Å². The Morgan fingerprint density at radius 2 is 0.600 bits per heavy atom. The van der Waals surface area contributed by atoms with Crippen LogP contribution in [0.3, 0.4) is 0 Å². The van der Waals surface area contributed by atoms with Crippen molar-refractivity contribution in [1.29, 1.82) is 0 Å². The molecule has 0 aromatic heterocycles. The topological polar surface area (TPSA) is 3.24 Å². The second kappa shape index (κ2) is 14.3. The van der Waals surface area contributed by atoms with Crippen molar-refractivity contribution in [1.82, 2.24) is 0 Å². The van der Waals surface area contributed by atoms with Gasteiger partial charge in [0.05, 0.1) is 5.41 Å². The molecule has 306 valence electrons. The van der Waals surface area contributed by atoms with Gasteiger partial charge in [-0.25, -0.2) is 0 Å². The number of anilines is 3. The summed E-state index contributed by atoms with van der Waals surface area (Å²) >= 11 is 0. The van der Waals surface area contributed by atoms with Gasteiger partial charge in [0.1, 0.15) is 0 Å². The average molecular weight is 828 g/mol. The summed E-state index contributed by atoms with van der Waals surface area (Å²) < 4.78 is 0. The molecule has 13 rings (SSSR count). The van der Waals surface area contributed by atoms with E-state index in [9.17, 15) is 0 Å². The van der Waals surface area contributed by atoms with Crippen molar-refractivity contribution < 1.29 is 0 Å². The summed E-state index contributed by atoms with van der Waals surface area (Å²) in [7, 11) is 0. The molecule has 1 spiro atoms. The molecule has 3 aliphatic rings. The van der Waals surface area contributed by atoms with Gasteiger partial charge in [-0.1, -0.05) is 208 Å². The molecule has 1 nitrogen and oxygen atoms in total. The maximum atomic E-state index is 2.47. The standard InChI is InChI=1S/C64H45N/c1-63(2)61-39-47(43-17-7-4-8-18-43)31-36-54(61)55-37-34-50(41-62(55)63)65(48-32-29-46(30-33-48)45-27-25-44(26-28-45)42-15-5-3-6-16-42)49-35-38-60-56(40-49)53-21-11-14-24-59(53)64(60)57-22-12-9-19-51(57)52-20-10-13-23-58(52)64/h3-41H,1-2H3. The van der Waals surface area contributed by atoms with Crippen molar-refractivity contribution >= 4 is 17.1 Å². The molecule has 0 saturated heterocycles. The highest BCUT2D eigenvalue weighted by Gasteiger charge is 2.51. The lowest BCUT2D eigenvalue weighted by atomic mass is 9.70. The fraction of sp³-hybridized carbons (Fsp3) is 0.0625. The minimum atomic E-state index is -0.387. The predicted octanol–water partition coefficient (Wildman–Crippen LogP) is 16.8. The highest BCUT2D eigenvalue weighted by Crippen LogP contribution is 2.63. The first-order valence-electron chi connectivity index (χ1n) is 22.8. The van der Waals surface area contributed by atoms with E-state index in [-0.39, 0.29) is 10.8 Å². The van der Waals surface area contributed by atoms with Crippen LogP contribution in [0.25, 0.3) is 66.8 Å². The third kappa shape index (κ3) is 5.52. The summed E-state index contributed by atoms with van der Waals surface area (Å²) in [5, 5.41) is 0. The minimum Gasteiger partial charge on any atom is -0.310 e. The summed E-state index contributed by atoms with van der Waals surface area (Å²) in [5.74, 6) is 0. The lowest BCUT2D eigenvalue weighted by Gasteiger charge is -2.31. The zero-order valence-corrected chi connectivity index (χ0v) is 36.5. The van der Waals surface area contributed by atoms with E-state index in [1.165, 1.54) is 100 Å². The molecule has 0 amide bonds. The smallest absolute Gasteiger partial charge is 0.0725 e. The number of hydrogen-bond donors (Lipinski definition) is 0. The number of hydrogen-bond acceptors (Lipinski definition) is 1. The van der Waals surface area contributed by atoms with Gasteiger partial charge < -0.3 is 4.90 Å². The van der Waals surface area contributed by atoms with Crippen LogP contribution >= 0.6 is 0 Å². The third-order valence-corrected chi connectivity index (χ3v) is 14.7. The molecule has 10 aromatic carbocycles. The first-order valence-corrected chi connectivity index (χ1v) is 22.8. The van der Waals surface area contributed by atoms with Crippen LogP contribution in [-0.4, -0.2) is 0 Å². The zero-order valence-electron chi connectivity index (χ0n) is 36.5. The fourth-order valence-electron chi connectivity index (χ4n) is 11.6. The average Bonchev–Trinajstić information content (AvgIpc) is 3.92. The molecular formula is C64H45N. The summed E-state index contributed by atoms with van der Waals surface area (Å²) in [6.45, 7) is 4.78. The lowest BCUT2D eigenvalue weighted by molar-refractivity contribution is 0.660. The van der Waals surface area contributed by atoms with E-state index in [2.05, 4.69) is 255 Å². The molecule has 1 heteroatoms. The van der Waals surface area contributed by atoms with Gasteiger partial charge in [0.25, 0.3) is 0 Å². The predicted molar refractivity (Wildman–Crippen MR) is 271 cm³/mol. The number of benzene rings is 10. The van der Waals surface area contributed by atoms with Gasteiger partial charge in [-0.3, -0.25) is 0 Å². The maximum absolute atomic E-state index is 2.47. The Labute approximate surface area is 381 Å². The Hall–Kier alpha value is -8.00. The van der Waals surface area contributed by atoms with Crippen LogP contribution < -0.4 is 4.90 Å². The van der Waals surface area contributed by atoms with E-state index < -0.39 is 0 Å². The van der Waals surface area contributed by atoms with Gasteiger partial charge in [-0.15, -0.1) is 0 Å². The van der Waals surface area contributed by atoms with Crippen LogP contribution in [0.4, 0.5) is 17.1 Å². The Balaban J connectivity index is 0.963. The van der Waals surface area contributed by atoms with Crippen LogP contribution in [0.15, 0.2) is 237 Å². The Morgan fingerprint density at radius 1 is 0.246 bits per heavy atom. The maximum Gasteiger partial charge on any atom is 0.0725 e. The first kappa shape index (κ1) is 37.5. The molecule has 0 heterocycles. The normalized spacial score (nSPS) is 13.9. The zero-order chi connectivity index (χ0) is 43.3. The largest absolute Gasteiger partial charge is 0.310 e. The molecular weight excluding hydrogens is 783 g/mol. The van der Waals surface area contributed by atoms with E-state index in [1.54, 1.807) is 0 Å². The number of fused-ring (bicyclic) bond motifs is 13. The molecule has 0 unspecified atom stereocenters. The van der Waals surface area contributed by atoms with Crippen LogP contribution in [0, 0.1) is 0 Å². The molecule has 65 heavy (non-hydrogen) atoms. The highest BCUT2D eigenvalue weighted by molar-refractivity contribution is 5.97. The van der Waals surface area contributed by atoms with E-state index in [0.29, 0.717) is 0 Å². The summed E-state index contributed by atoms with van der Waals surface area (Å²) in [6.07, 6.45) is 0. The lowest BCUT2D eigenvalue weighted by Crippen LogP contribution is -2.25. The van der Waals surface area contributed by atoms with E-state index in [4.69, 9.17) is 0 Å². The monoisotopic (exact) mass is 827 g/mol. The van der Waals surface area contributed by atoms with Crippen molar-refractivity contribution in [3.8, 4) is 66.8 Å². The Kier molecular flexibility index (Phi) is 8.24. The van der Waals surface area contributed by atoms with Gasteiger partial charge in [0, 0.05) is 22.5 Å². The quantitative estimate of drug-likeness (QED) is 0.161. The Morgan fingerprint density at radius 3 is 1.17 bits per heavy atom. The molecule has 0 N–H and O–H groups in total. The second-order valence-corrected chi connectivity index (χ2v) is 18.4. The minimum absolute atomic E-state index is 0.195. The van der Waals surface area contributed by atoms with Crippen molar-refractivity contribution in [2.45, 2.75) is 24.7 Å². The molecule has 0 fully saturated rings. The summed E-state index contributed by atoms with van der Waals surface area (Å²) in [5.41, 5.74) is 26.1.